The van der Waals surface area contributed by atoms with E-state index in [4.69, 9.17) is 4.74 Å². The molecule has 8 rings (SSSR count). The van der Waals surface area contributed by atoms with Crippen LogP contribution in [0, 0.1) is 22.7 Å². The number of aliphatic hydroxyl groups is 2. The van der Waals surface area contributed by atoms with E-state index in [-0.39, 0.29) is 27.9 Å². The summed E-state index contributed by atoms with van der Waals surface area (Å²) in [7, 11) is 0. The Hall–Kier alpha value is -1.30. The van der Waals surface area contributed by atoms with E-state index in [1.165, 1.54) is 30.5 Å². The highest BCUT2D eigenvalue weighted by Gasteiger charge is 2.81. The van der Waals surface area contributed by atoms with E-state index in [1.54, 1.807) is 6.07 Å². The summed E-state index contributed by atoms with van der Waals surface area (Å²) in [4.78, 5) is 2.77. The molecule has 3 N–H and O–H groups in total. The Bertz CT molecular complexity index is 1040. The minimum Gasteiger partial charge on any atom is -0.504 e. The molecule has 0 aromatic heterocycles. The zero-order chi connectivity index (χ0) is 23.2. The maximum absolute atomic E-state index is 12.5. The van der Waals surface area contributed by atoms with Crippen LogP contribution in [-0.2, 0) is 11.8 Å². The predicted octanol–water partition coefficient (Wildman–Crippen LogP) is 3.76. The maximum Gasteiger partial charge on any atom is 0.165 e. The van der Waals surface area contributed by atoms with Gasteiger partial charge in [0.25, 0.3) is 0 Å². The number of rotatable bonds is 3. The highest BCUT2D eigenvalue weighted by Crippen LogP contribution is 2.77. The van der Waals surface area contributed by atoms with Crippen molar-refractivity contribution in [2.75, 3.05) is 13.1 Å². The lowest BCUT2D eigenvalue weighted by Gasteiger charge is -2.75. The van der Waals surface area contributed by atoms with E-state index in [2.05, 4.69) is 31.7 Å². The number of nitrogens with zero attached hydrogens (tertiary/aromatic N) is 1. The number of ether oxygens (including phenoxy) is 1. The Balaban J connectivity index is 1.46. The minimum atomic E-state index is -1.11. The molecule has 2 aliphatic heterocycles. The lowest BCUT2D eigenvalue weighted by molar-refractivity contribution is -0.305. The van der Waals surface area contributed by atoms with Crippen LogP contribution in [0.25, 0.3) is 0 Å². The van der Waals surface area contributed by atoms with Crippen molar-refractivity contribution in [2.24, 2.45) is 22.7 Å². The van der Waals surface area contributed by atoms with Crippen molar-refractivity contribution in [3.63, 3.8) is 0 Å². The third-order valence-corrected chi connectivity index (χ3v) is 11.5. The molecule has 5 fully saturated rings. The summed E-state index contributed by atoms with van der Waals surface area (Å²) in [5.74, 6) is 1.39. The van der Waals surface area contributed by atoms with Gasteiger partial charge in [0.05, 0.1) is 5.60 Å². The Morgan fingerprint density at radius 2 is 1.88 bits per heavy atom. The smallest absolute Gasteiger partial charge is 0.165 e. The molecule has 5 aliphatic carbocycles. The minimum absolute atomic E-state index is 0.0404. The van der Waals surface area contributed by atoms with E-state index >= 15 is 0 Å². The lowest BCUT2D eigenvalue weighted by atomic mass is 9.33. The van der Waals surface area contributed by atoms with Crippen molar-refractivity contribution in [2.45, 2.75) is 101 Å². The summed E-state index contributed by atoms with van der Waals surface area (Å²) in [5.41, 5.74) is -0.323. The Morgan fingerprint density at radius 3 is 2.58 bits per heavy atom. The number of hydrogen-bond acceptors (Lipinski definition) is 5. The van der Waals surface area contributed by atoms with Gasteiger partial charge in [-0.05, 0) is 81.4 Å². The number of phenols is 1. The number of hydrogen-bond donors (Lipinski definition) is 3. The van der Waals surface area contributed by atoms with Gasteiger partial charge in [-0.25, -0.2) is 0 Å². The Kier molecular flexibility index (Phi) is 3.76. The molecule has 7 aliphatic rings. The molecule has 180 valence electrons. The molecule has 1 saturated heterocycles. The van der Waals surface area contributed by atoms with Crippen LogP contribution >= 0.6 is 0 Å². The van der Waals surface area contributed by atoms with Crippen LogP contribution in [0.3, 0.4) is 0 Å². The molecule has 1 aromatic carbocycles. The van der Waals surface area contributed by atoms with Gasteiger partial charge in [0.1, 0.15) is 11.7 Å². The van der Waals surface area contributed by atoms with Crippen molar-refractivity contribution < 1.29 is 20.1 Å². The Morgan fingerprint density at radius 1 is 1.12 bits per heavy atom. The molecular weight excluding hydrogens is 414 g/mol. The van der Waals surface area contributed by atoms with Crippen LogP contribution < -0.4 is 4.74 Å². The van der Waals surface area contributed by atoms with Gasteiger partial charge in [-0.3, -0.25) is 4.90 Å². The van der Waals surface area contributed by atoms with Crippen molar-refractivity contribution in [3.05, 3.63) is 23.3 Å². The Labute approximate surface area is 197 Å². The van der Waals surface area contributed by atoms with Gasteiger partial charge in [0, 0.05) is 34.9 Å². The van der Waals surface area contributed by atoms with Crippen molar-refractivity contribution >= 4 is 0 Å². The van der Waals surface area contributed by atoms with Crippen LogP contribution in [0.2, 0.25) is 0 Å². The second kappa shape index (κ2) is 5.91. The van der Waals surface area contributed by atoms with Crippen LogP contribution in [0.5, 0.6) is 11.5 Å². The molecule has 2 heterocycles. The number of fused-ring (bicyclic) bond motifs is 2. The molecule has 7 atom stereocenters. The first-order valence-electron chi connectivity index (χ1n) is 13.2. The van der Waals surface area contributed by atoms with Gasteiger partial charge >= 0.3 is 0 Å². The summed E-state index contributed by atoms with van der Waals surface area (Å²) >= 11 is 0. The van der Waals surface area contributed by atoms with Crippen LogP contribution in [-0.4, -0.2) is 56.7 Å². The summed E-state index contributed by atoms with van der Waals surface area (Å²) in [6.07, 6.45) is 6.71. The summed E-state index contributed by atoms with van der Waals surface area (Å²) < 4.78 is 6.68. The molecule has 0 radical (unpaired) electrons. The first-order chi connectivity index (χ1) is 15.5. The summed E-state index contributed by atoms with van der Waals surface area (Å²) in [5, 5.41) is 35.3. The quantitative estimate of drug-likeness (QED) is 0.650. The van der Waals surface area contributed by atoms with Gasteiger partial charge in [-0.2, -0.15) is 0 Å². The fourth-order valence-electron chi connectivity index (χ4n) is 9.26. The van der Waals surface area contributed by atoms with E-state index < -0.39 is 17.3 Å². The van der Waals surface area contributed by atoms with Gasteiger partial charge in [-0.15, -0.1) is 0 Å². The summed E-state index contributed by atoms with van der Waals surface area (Å²) in [6, 6.07) is 4.30. The third-order valence-electron chi connectivity index (χ3n) is 11.5. The van der Waals surface area contributed by atoms with Crippen LogP contribution in [0.1, 0.15) is 77.3 Å². The second-order valence-electron chi connectivity index (χ2n) is 13.6. The molecule has 1 unspecified atom stereocenters. The third kappa shape index (κ3) is 2.22. The van der Waals surface area contributed by atoms with Gasteiger partial charge < -0.3 is 20.1 Å². The molecule has 33 heavy (non-hydrogen) atoms. The normalized spacial score (nSPS) is 44.8. The van der Waals surface area contributed by atoms with Gasteiger partial charge in [0.15, 0.2) is 11.5 Å². The maximum atomic E-state index is 12.5. The molecule has 5 nitrogen and oxygen atoms in total. The zero-order valence-electron chi connectivity index (χ0n) is 20.5. The highest BCUT2D eigenvalue weighted by molar-refractivity contribution is 5.63. The number of phenolic OH excluding ortho intramolecular Hbond substituents is 1. The fourth-order valence-corrected chi connectivity index (χ4v) is 9.26. The molecule has 4 saturated carbocycles. The van der Waals surface area contributed by atoms with E-state index in [1.807, 2.05) is 6.92 Å². The highest BCUT2D eigenvalue weighted by atomic mass is 16.5. The van der Waals surface area contributed by atoms with Gasteiger partial charge in [0.2, 0.25) is 0 Å². The summed E-state index contributed by atoms with van der Waals surface area (Å²) in [6.45, 7) is 10.4. The zero-order valence-corrected chi connectivity index (χ0v) is 20.5. The van der Waals surface area contributed by atoms with E-state index in [0.717, 1.165) is 38.1 Å². The SMILES string of the molecule is CC(C)(C)[C@@](C)(O)C1C[C@@]23CC[C@]1(O)[C@@H]1Oc4c(O)ccc5c4[C@@]12CCN(CC1CC1)[C@@H]3C5. The molecule has 0 amide bonds. The predicted molar refractivity (Wildman–Crippen MR) is 125 cm³/mol. The van der Waals surface area contributed by atoms with E-state index in [0.29, 0.717) is 18.2 Å². The molecule has 5 heteroatoms. The number of benzene rings is 1. The monoisotopic (exact) mass is 453 g/mol. The second-order valence-corrected chi connectivity index (χ2v) is 13.6. The molecule has 2 spiro atoms. The number of likely N-dealkylation sites (tertiary alicyclic amines) is 1. The number of piperidine rings is 1. The average molecular weight is 454 g/mol. The van der Waals surface area contributed by atoms with Crippen LogP contribution in [0.15, 0.2) is 12.1 Å². The molecular formula is C28H39NO4. The first kappa shape index (κ1) is 21.0. The fraction of sp³-hybridized carbons (Fsp3) is 0.786. The molecule has 1 aromatic rings. The van der Waals surface area contributed by atoms with Crippen molar-refractivity contribution in [1.29, 1.82) is 0 Å². The van der Waals surface area contributed by atoms with Crippen LogP contribution in [0.4, 0.5) is 0 Å². The van der Waals surface area contributed by atoms with Crippen molar-refractivity contribution in [1.82, 2.24) is 4.90 Å². The van der Waals surface area contributed by atoms with E-state index in [9.17, 15) is 15.3 Å². The largest absolute Gasteiger partial charge is 0.504 e. The standard InChI is InChI=1S/C28H39NO4/c1-24(2,3)25(4,31)19-14-26-9-10-28(19,32)23-27(26)11-12-29(15-16-5-6-16)20(26)13-17-7-8-18(30)22(33-23)21(17)27/h7-8,16,19-20,23,30-32H,5-6,9-15H2,1-4H3/t19?,20-,23-,25+,26-,27+,28-/m1/s1. The van der Waals surface area contributed by atoms with Crippen molar-refractivity contribution in [3.8, 4) is 11.5 Å². The lowest BCUT2D eigenvalue weighted by Crippen LogP contribution is -2.82. The van der Waals surface area contributed by atoms with Gasteiger partial charge in [-0.1, -0.05) is 26.8 Å². The topological polar surface area (TPSA) is 73.2 Å². The average Bonchev–Trinajstić information content (AvgIpc) is 3.48. The first-order valence-corrected chi connectivity index (χ1v) is 13.2. The molecule has 4 bridgehead atoms. The number of aromatic hydroxyl groups is 1.